The van der Waals surface area contributed by atoms with Crippen LogP contribution in [0.2, 0.25) is 0 Å². The summed E-state index contributed by atoms with van der Waals surface area (Å²) in [5, 5.41) is 23.0. The Balaban J connectivity index is 1.91. The fraction of sp³-hybridized carbons (Fsp3) is 0.667. The molecule has 2 aliphatic rings. The standard InChI is InChI=1S/C12H19N5/c13-5-9-7-17-12(15)10(9)11(14)16-6-8-3-1-2-4-8/h8-9,17H,1-4,6-7,15H2,(H2,14,16). The lowest BCUT2D eigenvalue weighted by Crippen LogP contribution is -2.31. The van der Waals surface area contributed by atoms with E-state index in [0.29, 0.717) is 29.7 Å². The second-order valence-electron chi connectivity index (χ2n) is 4.80. The third-order valence-corrected chi connectivity index (χ3v) is 3.60. The first-order chi connectivity index (χ1) is 8.22. The van der Waals surface area contributed by atoms with E-state index in [0.717, 1.165) is 6.54 Å². The van der Waals surface area contributed by atoms with Gasteiger partial charge in [-0.3, -0.25) is 5.41 Å². The summed E-state index contributed by atoms with van der Waals surface area (Å²) in [5.74, 6) is 1.16. The van der Waals surface area contributed by atoms with Crippen LogP contribution in [0.4, 0.5) is 0 Å². The van der Waals surface area contributed by atoms with Crippen molar-refractivity contribution in [3.05, 3.63) is 11.4 Å². The molecule has 1 aliphatic heterocycles. The molecule has 1 saturated carbocycles. The number of hydrogen-bond acceptors (Lipinski definition) is 4. The molecule has 1 atom stereocenters. The van der Waals surface area contributed by atoms with Crippen LogP contribution in [0.3, 0.4) is 0 Å². The summed E-state index contributed by atoms with van der Waals surface area (Å²) in [6, 6.07) is 2.17. The maximum atomic E-state index is 8.98. The molecule has 17 heavy (non-hydrogen) atoms. The molecule has 0 aromatic rings. The Kier molecular flexibility index (Phi) is 3.52. The molecule has 1 heterocycles. The lowest BCUT2D eigenvalue weighted by atomic mass is 10.0. The van der Waals surface area contributed by atoms with Gasteiger partial charge in [0.15, 0.2) is 0 Å². The Morgan fingerprint density at radius 2 is 2.24 bits per heavy atom. The Labute approximate surface area is 102 Å². The van der Waals surface area contributed by atoms with Crippen molar-refractivity contribution in [2.75, 3.05) is 13.1 Å². The molecule has 2 rings (SSSR count). The lowest BCUT2D eigenvalue weighted by Gasteiger charge is -2.14. The Hall–Kier alpha value is -1.70. The summed E-state index contributed by atoms with van der Waals surface area (Å²) < 4.78 is 0. The maximum absolute atomic E-state index is 8.98. The van der Waals surface area contributed by atoms with Crippen molar-refractivity contribution >= 4 is 5.84 Å². The summed E-state index contributed by atoms with van der Waals surface area (Å²) in [7, 11) is 0. The van der Waals surface area contributed by atoms with Gasteiger partial charge in [0.1, 0.15) is 11.7 Å². The number of nitriles is 1. The molecular formula is C12H19N5. The van der Waals surface area contributed by atoms with Crippen molar-refractivity contribution in [1.29, 1.82) is 10.7 Å². The van der Waals surface area contributed by atoms with Crippen molar-refractivity contribution in [1.82, 2.24) is 10.6 Å². The van der Waals surface area contributed by atoms with Crippen LogP contribution in [-0.4, -0.2) is 18.9 Å². The van der Waals surface area contributed by atoms with Crippen LogP contribution < -0.4 is 16.4 Å². The molecule has 0 bridgehead atoms. The molecule has 0 amide bonds. The first-order valence-electron chi connectivity index (χ1n) is 6.18. The van der Waals surface area contributed by atoms with Crippen LogP contribution in [0.5, 0.6) is 0 Å². The summed E-state index contributed by atoms with van der Waals surface area (Å²) >= 11 is 0. The smallest absolute Gasteiger partial charge is 0.126 e. The van der Waals surface area contributed by atoms with Crippen molar-refractivity contribution in [3.63, 3.8) is 0 Å². The fourth-order valence-corrected chi connectivity index (χ4v) is 2.57. The molecule has 0 aromatic heterocycles. The molecule has 1 unspecified atom stereocenters. The highest BCUT2D eigenvalue weighted by Crippen LogP contribution is 2.24. The van der Waals surface area contributed by atoms with Gasteiger partial charge in [0.2, 0.25) is 0 Å². The summed E-state index contributed by atoms with van der Waals surface area (Å²) in [6.07, 6.45) is 5.09. The van der Waals surface area contributed by atoms with Crippen LogP contribution in [0.1, 0.15) is 25.7 Å². The SMILES string of the molecule is N#CC1CNC(N)=C1C(=N)NCC1CCCC1. The van der Waals surface area contributed by atoms with E-state index in [9.17, 15) is 0 Å². The molecule has 0 radical (unpaired) electrons. The molecule has 1 aliphatic carbocycles. The fourth-order valence-electron chi connectivity index (χ4n) is 2.57. The van der Waals surface area contributed by atoms with Gasteiger partial charge < -0.3 is 16.4 Å². The van der Waals surface area contributed by atoms with E-state index in [-0.39, 0.29) is 5.92 Å². The average molecular weight is 233 g/mol. The second-order valence-corrected chi connectivity index (χ2v) is 4.80. The van der Waals surface area contributed by atoms with Crippen LogP contribution in [0, 0.1) is 28.6 Å². The van der Waals surface area contributed by atoms with Crippen LogP contribution in [0.15, 0.2) is 11.4 Å². The highest BCUT2D eigenvalue weighted by atomic mass is 15.0. The van der Waals surface area contributed by atoms with Gasteiger partial charge in [-0.15, -0.1) is 0 Å². The predicted molar refractivity (Wildman–Crippen MR) is 66.0 cm³/mol. The molecule has 0 saturated heterocycles. The summed E-state index contributed by atoms with van der Waals surface area (Å²) in [6.45, 7) is 1.35. The van der Waals surface area contributed by atoms with E-state index in [1.54, 1.807) is 0 Å². The van der Waals surface area contributed by atoms with E-state index < -0.39 is 0 Å². The van der Waals surface area contributed by atoms with Gasteiger partial charge in [-0.25, -0.2) is 0 Å². The molecule has 5 heteroatoms. The minimum Gasteiger partial charge on any atom is -0.385 e. The van der Waals surface area contributed by atoms with Crippen molar-refractivity contribution in [2.45, 2.75) is 25.7 Å². The van der Waals surface area contributed by atoms with Gasteiger partial charge in [0, 0.05) is 13.1 Å². The quantitative estimate of drug-likeness (QED) is 0.425. The van der Waals surface area contributed by atoms with E-state index in [1.807, 2.05) is 0 Å². The topological polar surface area (TPSA) is 97.7 Å². The van der Waals surface area contributed by atoms with Crippen LogP contribution in [-0.2, 0) is 0 Å². The number of amidine groups is 1. The van der Waals surface area contributed by atoms with Gasteiger partial charge in [-0.1, -0.05) is 12.8 Å². The molecule has 0 aromatic carbocycles. The first-order valence-corrected chi connectivity index (χ1v) is 6.18. The summed E-state index contributed by atoms with van der Waals surface area (Å²) in [4.78, 5) is 0. The largest absolute Gasteiger partial charge is 0.385 e. The number of hydrogen-bond donors (Lipinski definition) is 4. The van der Waals surface area contributed by atoms with Gasteiger partial charge >= 0.3 is 0 Å². The predicted octanol–water partition coefficient (Wildman–Crippen LogP) is 0.657. The zero-order valence-corrected chi connectivity index (χ0v) is 9.92. The molecule has 1 fully saturated rings. The monoisotopic (exact) mass is 233 g/mol. The number of nitrogens with two attached hydrogens (primary N) is 1. The highest BCUT2D eigenvalue weighted by Gasteiger charge is 2.27. The molecular weight excluding hydrogens is 214 g/mol. The van der Waals surface area contributed by atoms with E-state index in [4.69, 9.17) is 16.4 Å². The third-order valence-electron chi connectivity index (χ3n) is 3.60. The molecule has 5 nitrogen and oxygen atoms in total. The van der Waals surface area contributed by atoms with E-state index in [2.05, 4.69) is 16.7 Å². The Bertz CT molecular complexity index is 373. The number of rotatable bonds is 3. The van der Waals surface area contributed by atoms with Crippen molar-refractivity contribution < 1.29 is 0 Å². The lowest BCUT2D eigenvalue weighted by molar-refractivity contribution is 0.534. The first kappa shape index (κ1) is 11.8. The number of nitrogens with zero attached hydrogens (tertiary/aromatic N) is 1. The van der Waals surface area contributed by atoms with Gasteiger partial charge in [-0.2, -0.15) is 5.26 Å². The average Bonchev–Trinajstić information content (AvgIpc) is 2.94. The minimum absolute atomic E-state index is 0.293. The normalized spacial score (nSPS) is 24.5. The van der Waals surface area contributed by atoms with Gasteiger partial charge in [-0.05, 0) is 18.8 Å². The summed E-state index contributed by atoms with van der Waals surface area (Å²) in [5.41, 5.74) is 6.40. The van der Waals surface area contributed by atoms with Gasteiger partial charge in [0.05, 0.1) is 17.6 Å². The Morgan fingerprint density at radius 3 is 2.88 bits per heavy atom. The van der Waals surface area contributed by atoms with Crippen LogP contribution >= 0.6 is 0 Å². The minimum atomic E-state index is -0.293. The van der Waals surface area contributed by atoms with Crippen LogP contribution in [0.25, 0.3) is 0 Å². The third kappa shape index (κ3) is 2.52. The molecule has 92 valence electrons. The van der Waals surface area contributed by atoms with E-state index in [1.165, 1.54) is 25.7 Å². The van der Waals surface area contributed by atoms with E-state index >= 15 is 0 Å². The van der Waals surface area contributed by atoms with Gasteiger partial charge in [0.25, 0.3) is 0 Å². The molecule has 5 N–H and O–H groups in total. The highest BCUT2D eigenvalue weighted by molar-refractivity contribution is 5.97. The second kappa shape index (κ2) is 5.09. The van der Waals surface area contributed by atoms with Crippen molar-refractivity contribution in [3.8, 4) is 6.07 Å². The Morgan fingerprint density at radius 1 is 1.53 bits per heavy atom. The zero-order chi connectivity index (χ0) is 12.3. The zero-order valence-electron chi connectivity index (χ0n) is 9.92. The maximum Gasteiger partial charge on any atom is 0.126 e. The van der Waals surface area contributed by atoms with Crippen molar-refractivity contribution in [2.24, 2.45) is 17.6 Å². The number of nitrogens with one attached hydrogen (secondary N) is 3. The molecule has 0 spiro atoms.